The predicted molar refractivity (Wildman–Crippen MR) is 61.3 cm³/mol. The molecule has 5 heteroatoms. The third-order valence-electron chi connectivity index (χ3n) is 1.97. The standard InChI is InChI=1S/C10H15BrN2O2/c1-6(11)5-13(4)10(14)9-7(2)12-8(3)15-9/h6H,5H2,1-4H3. The molecule has 0 bridgehead atoms. The second-order valence-corrected chi connectivity index (χ2v) is 5.18. The van der Waals surface area contributed by atoms with Crippen molar-refractivity contribution in [2.45, 2.75) is 25.6 Å². The Balaban J connectivity index is 2.80. The lowest BCUT2D eigenvalue weighted by atomic mass is 10.3. The van der Waals surface area contributed by atoms with E-state index in [1.165, 1.54) is 0 Å². The van der Waals surface area contributed by atoms with Crippen LogP contribution in [0.15, 0.2) is 4.42 Å². The zero-order valence-electron chi connectivity index (χ0n) is 9.37. The molecule has 84 valence electrons. The molecule has 15 heavy (non-hydrogen) atoms. The molecule has 1 unspecified atom stereocenters. The maximum Gasteiger partial charge on any atom is 0.291 e. The first-order valence-electron chi connectivity index (χ1n) is 4.75. The van der Waals surface area contributed by atoms with Gasteiger partial charge in [0.2, 0.25) is 5.76 Å². The number of oxazole rings is 1. The molecule has 0 spiro atoms. The average Bonchev–Trinajstić information content (AvgIpc) is 2.42. The summed E-state index contributed by atoms with van der Waals surface area (Å²) in [6.07, 6.45) is 0. The summed E-state index contributed by atoms with van der Waals surface area (Å²) in [5.74, 6) is 0.735. The van der Waals surface area contributed by atoms with Crippen molar-refractivity contribution < 1.29 is 9.21 Å². The second kappa shape index (κ2) is 4.79. The molecule has 0 aliphatic rings. The van der Waals surface area contributed by atoms with Crippen LogP contribution in [0.1, 0.15) is 29.1 Å². The average molecular weight is 275 g/mol. The Bertz CT molecular complexity index is 360. The van der Waals surface area contributed by atoms with E-state index in [9.17, 15) is 4.79 Å². The van der Waals surface area contributed by atoms with E-state index in [0.29, 0.717) is 23.9 Å². The van der Waals surface area contributed by atoms with Crippen LogP contribution in [0.2, 0.25) is 0 Å². The van der Waals surface area contributed by atoms with Gasteiger partial charge in [-0.1, -0.05) is 22.9 Å². The summed E-state index contributed by atoms with van der Waals surface area (Å²) in [6, 6.07) is 0. The Labute approximate surface area is 97.8 Å². The van der Waals surface area contributed by atoms with Crippen LogP contribution in [-0.4, -0.2) is 34.2 Å². The zero-order chi connectivity index (χ0) is 11.6. The summed E-state index contributed by atoms with van der Waals surface area (Å²) < 4.78 is 5.26. The Morgan fingerprint density at radius 1 is 1.60 bits per heavy atom. The number of carbonyl (C=O) groups excluding carboxylic acids is 1. The molecule has 0 saturated heterocycles. The van der Waals surface area contributed by atoms with Crippen LogP contribution >= 0.6 is 15.9 Å². The quantitative estimate of drug-likeness (QED) is 0.794. The summed E-state index contributed by atoms with van der Waals surface area (Å²) in [5.41, 5.74) is 0.645. The van der Waals surface area contributed by atoms with Crippen LogP contribution < -0.4 is 0 Å². The predicted octanol–water partition coefficient (Wildman–Crippen LogP) is 2.15. The molecule has 0 saturated carbocycles. The van der Waals surface area contributed by atoms with E-state index in [-0.39, 0.29) is 10.7 Å². The fourth-order valence-corrected chi connectivity index (χ4v) is 1.80. The van der Waals surface area contributed by atoms with Crippen molar-refractivity contribution in [2.75, 3.05) is 13.6 Å². The number of aryl methyl sites for hydroxylation is 2. The van der Waals surface area contributed by atoms with E-state index in [2.05, 4.69) is 20.9 Å². The van der Waals surface area contributed by atoms with E-state index in [1.807, 2.05) is 6.92 Å². The zero-order valence-corrected chi connectivity index (χ0v) is 11.0. The molecule has 1 aromatic rings. The maximum absolute atomic E-state index is 11.9. The van der Waals surface area contributed by atoms with Crippen molar-refractivity contribution in [2.24, 2.45) is 0 Å². The Hall–Kier alpha value is -0.840. The SMILES string of the molecule is Cc1nc(C)c(C(=O)N(C)CC(C)Br)o1. The molecule has 1 aromatic heterocycles. The summed E-state index contributed by atoms with van der Waals surface area (Å²) in [5, 5.41) is 0. The lowest BCUT2D eigenvalue weighted by Crippen LogP contribution is -2.31. The minimum Gasteiger partial charge on any atom is -0.436 e. The number of halogens is 1. The minimum absolute atomic E-state index is 0.126. The van der Waals surface area contributed by atoms with Crippen molar-refractivity contribution in [3.05, 3.63) is 17.3 Å². The van der Waals surface area contributed by atoms with E-state index in [4.69, 9.17) is 4.42 Å². The molecule has 0 radical (unpaired) electrons. The molecule has 4 nitrogen and oxygen atoms in total. The minimum atomic E-state index is -0.126. The van der Waals surface area contributed by atoms with Crippen molar-refractivity contribution in [3.8, 4) is 0 Å². The van der Waals surface area contributed by atoms with Gasteiger partial charge in [0.15, 0.2) is 5.89 Å². The van der Waals surface area contributed by atoms with Gasteiger partial charge in [0.1, 0.15) is 0 Å². The Morgan fingerprint density at radius 3 is 2.60 bits per heavy atom. The first kappa shape index (κ1) is 12.2. The van der Waals surface area contributed by atoms with Crippen molar-refractivity contribution in [1.29, 1.82) is 0 Å². The lowest BCUT2D eigenvalue weighted by Gasteiger charge is -2.17. The molecule has 1 rings (SSSR count). The number of aromatic nitrogens is 1. The van der Waals surface area contributed by atoms with Gasteiger partial charge < -0.3 is 9.32 Å². The number of carbonyl (C=O) groups is 1. The van der Waals surface area contributed by atoms with Crippen molar-refractivity contribution in [3.63, 3.8) is 0 Å². The van der Waals surface area contributed by atoms with Crippen LogP contribution in [0.5, 0.6) is 0 Å². The van der Waals surface area contributed by atoms with E-state index >= 15 is 0 Å². The van der Waals surface area contributed by atoms with Crippen molar-refractivity contribution >= 4 is 21.8 Å². The van der Waals surface area contributed by atoms with Gasteiger partial charge in [-0.2, -0.15) is 0 Å². The monoisotopic (exact) mass is 274 g/mol. The molecule has 0 N–H and O–H groups in total. The van der Waals surface area contributed by atoms with E-state index in [0.717, 1.165) is 0 Å². The number of hydrogen-bond donors (Lipinski definition) is 0. The highest BCUT2D eigenvalue weighted by Crippen LogP contribution is 2.12. The van der Waals surface area contributed by atoms with Gasteiger partial charge >= 0.3 is 0 Å². The molecule has 1 heterocycles. The molecular weight excluding hydrogens is 260 g/mol. The summed E-state index contributed by atoms with van der Waals surface area (Å²) in [4.78, 5) is 17.8. The Kier molecular flexibility index (Phi) is 3.90. The van der Waals surface area contributed by atoms with Crippen LogP contribution in [-0.2, 0) is 0 Å². The molecule has 0 aromatic carbocycles. The topological polar surface area (TPSA) is 46.3 Å². The van der Waals surface area contributed by atoms with Gasteiger partial charge in [-0.3, -0.25) is 4.79 Å². The van der Waals surface area contributed by atoms with Crippen LogP contribution in [0.25, 0.3) is 0 Å². The largest absolute Gasteiger partial charge is 0.436 e. The molecule has 1 atom stereocenters. The highest BCUT2D eigenvalue weighted by atomic mass is 79.9. The summed E-state index contributed by atoms with van der Waals surface area (Å²) in [7, 11) is 1.75. The first-order valence-corrected chi connectivity index (χ1v) is 5.67. The third kappa shape index (κ3) is 3.06. The van der Waals surface area contributed by atoms with Gasteiger partial charge in [0, 0.05) is 25.3 Å². The second-order valence-electron chi connectivity index (χ2n) is 3.61. The Morgan fingerprint density at radius 2 is 2.20 bits per heavy atom. The maximum atomic E-state index is 11.9. The molecule has 0 fully saturated rings. The summed E-state index contributed by atoms with van der Waals surface area (Å²) >= 11 is 3.40. The third-order valence-corrected chi connectivity index (χ3v) is 2.26. The van der Waals surface area contributed by atoms with E-state index in [1.54, 1.807) is 25.8 Å². The first-order chi connectivity index (χ1) is 6.91. The molecule has 0 aliphatic heterocycles. The van der Waals surface area contributed by atoms with Gasteiger partial charge in [-0.15, -0.1) is 0 Å². The highest BCUT2D eigenvalue weighted by Gasteiger charge is 2.20. The number of nitrogens with zero attached hydrogens (tertiary/aromatic N) is 2. The van der Waals surface area contributed by atoms with Gasteiger partial charge in [0.25, 0.3) is 5.91 Å². The van der Waals surface area contributed by atoms with E-state index < -0.39 is 0 Å². The van der Waals surface area contributed by atoms with Crippen LogP contribution in [0.4, 0.5) is 0 Å². The van der Waals surface area contributed by atoms with Crippen molar-refractivity contribution in [1.82, 2.24) is 9.88 Å². The lowest BCUT2D eigenvalue weighted by molar-refractivity contribution is 0.0763. The van der Waals surface area contributed by atoms with Gasteiger partial charge in [-0.05, 0) is 6.92 Å². The summed E-state index contributed by atoms with van der Waals surface area (Å²) in [6.45, 7) is 6.13. The fourth-order valence-electron chi connectivity index (χ4n) is 1.36. The van der Waals surface area contributed by atoms with Gasteiger partial charge in [-0.25, -0.2) is 4.98 Å². The molecule has 0 aliphatic carbocycles. The highest BCUT2D eigenvalue weighted by molar-refractivity contribution is 9.09. The smallest absolute Gasteiger partial charge is 0.291 e. The molecular formula is C10H15BrN2O2. The fraction of sp³-hybridized carbons (Fsp3) is 0.600. The number of alkyl halides is 1. The number of hydrogen-bond acceptors (Lipinski definition) is 3. The number of amides is 1. The number of rotatable bonds is 3. The van der Waals surface area contributed by atoms with Crippen LogP contribution in [0, 0.1) is 13.8 Å². The molecule has 1 amide bonds. The normalized spacial score (nSPS) is 12.6. The van der Waals surface area contributed by atoms with Gasteiger partial charge in [0.05, 0.1) is 5.69 Å². The van der Waals surface area contributed by atoms with Crippen LogP contribution in [0.3, 0.4) is 0 Å².